The van der Waals surface area contributed by atoms with E-state index in [-0.39, 0.29) is 82.4 Å². The predicted octanol–water partition coefficient (Wildman–Crippen LogP) is 19.9. The largest absolute Gasteiger partial charge is 0.756 e. The number of aliphatic hydroxyl groups is 1. The summed E-state index contributed by atoms with van der Waals surface area (Å²) < 4.78 is 71.7. The van der Waals surface area contributed by atoms with Gasteiger partial charge in [0.1, 0.15) is 24.4 Å². The molecular formula is C89H171N5O18P2-2. The topological polar surface area (TPSA) is 334 Å². The molecule has 0 saturated carbocycles. The predicted molar refractivity (Wildman–Crippen MR) is 459 cm³/mol. The maximum atomic E-state index is 13.6. The fourth-order valence-corrected chi connectivity index (χ4v) is 15.0. The molecular weight excluding hydrogens is 1490 g/mol. The summed E-state index contributed by atoms with van der Waals surface area (Å²) in [6, 6.07) is -1.67. The third-order valence-corrected chi connectivity index (χ3v) is 22.5. The van der Waals surface area contributed by atoms with Gasteiger partial charge < -0.3 is 73.6 Å². The number of nitrogens with one attached hydrogen (secondary N) is 4. The van der Waals surface area contributed by atoms with Crippen molar-refractivity contribution in [2.24, 2.45) is 11.7 Å². The van der Waals surface area contributed by atoms with Crippen molar-refractivity contribution in [1.29, 1.82) is 0 Å². The molecule has 0 spiro atoms. The number of carbonyl (C=O) groups is 5. The van der Waals surface area contributed by atoms with Gasteiger partial charge in [-0.1, -0.05) is 291 Å². The molecule has 0 radical (unpaired) electrons. The van der Waals surface area contributed by atoms with Gasteiger partial charge in [-0.05, 0) is 116 Å². The number of allylic oxidation sites excluding steroid dienone is 4. The van der Waals surface area contributed by atoms with Crippen LogP contribution in [-0.2, 0) is 70.1 Å². The van der Waals surface area contributed by atoms with E-state index in [2.05, 4.69) is 87.1 Å². The maximum Gasteiger partial charge on any atom is 0.306 e. The van der Waals surface area contributed by atoms with E-state index in [0.717, 1.165) is 135 Å². The van der Waals surface area contributed by atoms with Gasteiger partial charge in [0, 0.05) is 45.2 Å². The van der Waals surface area contributed by atoms with Crippen molar-refractivity contribution in [3.63, 3.8) is 0 Å². The number of amides is 3. The van der Waals surface area contributed by atoms with E-state index in [4.69, 9.17) is 42.8 Å². The molecule has 7 N–H and O–H groups in total. The molecule has 0 saturated heterocycles. The zero-order valence-corrected chi connectivity index (χ0v) is 75.0. The maximum absolute atomic E-state index is 13.6. The Labute approximate surface area is 694 Å². The number of ether oxygens (including phenoxy) is 4. The average Bonchev–Trinajstić information content (AvgIpc) is 0.894. The van der Waals surface area contributed by atoms with Crippen molar-refractivity contribution < 1.29 is 85.0 Å². The molecule has 672 valence electrons. The van der Waals surface area contributed by atoms with E-state index in [1.54, 1.807) is 0 Å². The summed E-state index contributed by atoms with van der Waals surface area (Å²) in [6.45, 7) is 11.1. The highest BCUT2D eigenvalue weighted by molar-refractivity contribution is 7.46. The number of hydrogen-bond donors (Lipinski definition) is 6. The second kappa shape index (κ2) is 82.2. The fraction of sp³-hybridized carbons (Fsp3) is 0.899. The van der Waals surface area contributed by atoms with Crippen LogP contribution in [0.25, 0.3) is 0 Å². The second-order valence-electron chi connectivity index (χ2n) is 31.6. The first kappa shape index (κ1) is 111. The van der Waals surface area contributed by atoms with Crippen LogP contribution in [0.5, 0.6) is 0 Å². The molecule has 0 aliphatic carbocycles. The van der Waals surface area contributed by atoms with Gasteiger partial charge in [0.2, 0.25) is 17.7 Å². The lowest BCUT2D eigenvalue weighted by molar-refractivity contribution is -0.227. The summed E-state index contributed by atoms with van der Waals surface area (Å²) in [6.07, 6.45) is 62.0. The van der Waals surface area contributed by atoms with Gasteiger partial charge in [-0.2, -0.15) is 0 Å². The van der Waals surface area contributed by atoms with Crippen LogP contribution >= 0.6 is 15.6 Å². The number of unbranched alkanes of at least 4 members (excludes halogenated alkanes) is 39. The molecule has 0 aliphatic heterocycles. The van der Waals surface area contributed by atoms with Gasteiger partial charge in [0.25, 0.3) is 15.6 Å². The van der Waals surface area contributed by atoms with E-state index in [1.165, 1.54) is 141 Å². The van der Waals surface area contributed by atoms with Gasteiger partial charge in [-0.3, -0.25) is 38.4 Å². The minimum absolute atomic E-state index is 0.0319. The molecule has 8 unspecified atom stereocenters. The number of phosphoric ester groups is 2. The first-order valence-corrected chi connectivity index (χ1v) is 49.3. The minimum atomic E-state index is -5.04. The minimum Gasteiger partial charge on any atom is -0.756 e. The molecule has 0 aromatic carbocycles. The molecule has 0 aromatic heterocycles. The zero-order valence-electron chi connectivity index (χ0n) is 73.2. The van der Waals surface area contributed by atoms with E-state index >= 15 is 0 Å². The van der Waals surface area contributed by atoms with Crippen molar-refractivity contribution >= 4 is 45.3 Å². The lowest BCUT2D eigenvalue weighted by Crippen LogP contribution is -2.44. The normalized spacial score (nSPS) is 14.5. The van der Waals surface area contributed by atoms with E-state index in [9.17, 15) is 48.0 Å². The van der Waals surface area contributed by atoms with E-state index in [1.807, 2.05) is 0 Å². The highest BCUT2D eigenvalue weighted by Crippen LogP contribution is 2.39. The van der Waals surface area contributed by atoms with Crippen molar-refractivity contribution in [2.75, 3.05) is 72.5 Å². The van der Waals surface area contributed by atoms with Gasteiger partial charge in [-0.15, -0.1) is 0 Å². The Hall–Kier alpha value is -3.15. The monoisotopic (exact) mass is 1660 g/mol. The number of hydrogen-bond acceptors (Lipinski definition) is 20. The Morgan fingerprint density at radius 3 is 1.10 bits per heavy atom. The number of nitrogens with two attached hydrogens (primary N) is 1. The lowest BCUT2D eigenvalue weighted by Gasteiger charge is -2.28. The molecule has 0 aliphatic rings. The average molecular weight is 1660 g/mol. The van der Waals surface area contributed by atoms with Crippen LogP contribution in [0.3, 0.4) is 0 Å². The quantitative estimate of drug-likeness (QED) is 0.00823. The number of carbonyl (C=O) groups excluding carboxylic acids is 5. The standard InChI is InChI=1S/C89H173N5O18P2/c1-7-13-19-25-29-33-35-39-41-47-53-62-84(95)93-79(75-105-71-66-81(59-51-45-23-17-11-5)111-86(97)64-55-49-43-37-31-27-21-15-9-3)77-109-113(101,102)107-73-69-91-88(99)83(61-57-58-68-90)89(100)92-70-74-108-114(103,104)110-78-80(94-85(96)63-54-48-42-40-36-34-30-26-20-14-8-2)76-106-72-67-82(60-52-46-24-18-12-6)112-87(98)65-56-50-44-38-32-28-22-16-10-4/h37-38,43-44,79-84,93,95H,7-36,39-42,45-78,90H2,1-6H3,(H,91,99)(H,92,100)(H,94,96)(H,101,102)(H,103,104)/p-2/b43-37-,44-38-. The highest BCUT2D eigenvalue weighted by Gasteiger charge is 2.28. The Balaban J connectivity index is 5.90. The third kappa shape index (κ3) is 75.1. The number of aliphatic hydroxyl groups excluding tert-OH is 1. The summed E-state index contributed by atoms with van der Waals surface area (Å²) in [5.41, 5.74) is 5.76. The molecule has 0 rings (SSSR count). The number of phosphoric acid groups is 2. The first-order chi connectivity index (χ1) is 55.4. The lowest BCUT2D eigenvalue weighted by atomic mass is 10.00. The van der Waals surface area contributed by atoms with Crippen LogP contribution < -0.4 is 36.8 Å². The van der Waals surface area contributed by atoms with E-state index < -0.39 is 78.1 Å². The number of esters is 2. The van der Waals surface area contributed by atoms with Crippen molar-refractivity contribution in [1.82, 2.24) is 21.3 Å². The molecule has 0 aromatic rings. The molecule has 114 heavy (non-hydrogen) atoms. The van der Waals surface area contributed by atoms with Crippen LogP contribution in [0.15, 0.2) is 24.3 Å². The Morgan fingerprint density at radius 1 is 0.368 bits per heavy atom. The summed E-state index contributed by atoms with van der Waals surface area (Å²) in [5, 5.41) is 22.3. The smallest absolute Gasteiger partial charge is 0.306 e. The van der Waals surface area contributed by atoms with Crippen molar-refractivity contribution in [2.45, 2.75) is 438 Å². The summed E-state index contributed by atoms with van der Waals surface area (Å²) in [7, 11) is -10.0. The Kier molecular flexibility index (Phi) is 79.9. The van der Waals surface area contributed by atoms with Crippen LogP contribution in [0.4, 0.5) is 0 Å². The van der Waals surface area contributed by atoms with Gasteiger partial charge in [0.05, 0.1) is 64.9 Å². The molecule has 0 fully saturated rings. The molecule has 3 amide bonds. The van der Waals surface area contributed by atoms with Crippen molar-refractivity contribution in [3.8, 4) is 0 Å². The number of rotatable bonds is 89. The molecule has 0 heterocycles. The van der Waals surface area contributed by atoms with Crippen LogP contribution in [0, 0.1) is 5.92 Å². The zero-order chi connectivity index (χ0) is 83.7. The molecule has 23 nitrogen and oxygen atoms in total. The second-order valence-corrected chi connectivity index (χ2v) is 34.4. The summed E-state index contributed by atoms with van der Waals surface area (Å²) >= 11 is 0. The molecule has 8 atom stereocenters. The summed E-state index contributed by atoms with van der Waals surface area (Å²) in [5.74, 6) is -3.49. The molecule has 0 bridgehead atoms. The Morgan fingerprint density at radius 2 is 0.702 bits per heavy atom. The van der Waals surface area contributed by atoms with Gasteiger partial charge in [0.15, 0.2) is 0 Å². The fourth-order valence-electron chi connectivity index (χ4n) is 13.5. The Bertz CT molecular complexity index is 2380. The third-order valence-electron chi connectivity index (χ3n) is 20.6. The van der Waals surface area contributed by atoms with Crippen LogP contribution in [0.2, 0.25) is 0 Å². The van der Waals surface area contributed by atoms with Gasteiger partial charge in [-0.25, -0.2) is 0 Å². The van der Waals surface area contributed by atoms with E-state index in [0.29, 0.717) is 83.6 Å². The SMILES string of the molecule is CCCCCC/C=C\CCCC(=O)OC(CCCCCCC)CCOCC(COP(=O)([O-])OCCNC(=O)C(CCCCN)C(=O)NCCOP(=O)([O-])OCC(COCCC(CCCCCCC)OC(=O)CCC/C=C\CCCCCC)NC(O)CCCCCCCCCCCCC)NC(=O)CCCCCCCCCCCCC. The van der Waals surface area contributed by atoms with Crippen LogP contribution in [-0.4, -0.2) is 138 Å². The summed E-state index contributed by atoms with van der Waals surface area (Å²) in [4.78, 5) is 93.3. The van der Waals surface area contributed by atoms with Crippen LogP contribution in [0.1, 0.15) is 408 Å². The van der Waals surface area contributed by atoms with Gasteiger partial charge >= 0.3 is 11.9 Å². The van der Waals surface area contributed by atoms with Crippen molar-refractivity contribution in [3.05, 3.63) is 24.3 Å². The first-order valence-electron chi connectivity index (χ1n) is 46.4. The molecule has 25 heteroatoms. The highest BCUT2D eigenvalue weighted by atomic mass is 31.2.